The number of rotatable bonds is 7. The van der Waals surface area contributed by atoms with Crippen LogP contribution in [0.25, 0.3) is 0 Å². The average Bonchev–Trinajstić information content (AvgIpc) is 2.83. The first-order valence-corrected chi connectivity index (χ1v) is 6.69. The highest BCUT2D eigenvalue weighted by Gasteiger charge is 2.23. The van der Waals surface area contributed by atoms with Gasteiger partial charge in [-0.1, -0.05) is 12.1 Å². The summed E-state index contributed by atoms with van der Waals surface area (Å²) >= 11 is 0. The zero-order valence-electron chi connectivity index (χ0n) is 12.4. The molecule has 0 fully saturated rings. The lowest BCUT2D eigenvalue weighted by atomic mass is 10.0. The van der Waals surface area contributed by atoms with Crippen LogP contribution in [0.4, 0.5) is 0 Å². The fourth-order valence-corrected chi connectivity index (χ4v) is 1.50. The summed E-state index contributed by atoms with van der Waals surface area (Å²) in [5, 5.41) is 19.3. The Labute approximate surface area is 118 Å². The standard InChI is InChI=1S/C13H22N4O3/c1-5-13(3,4)14-12(20)9(2)17-8-10(15-16-17)6-7-11(18)19/h8-9H,5-7H2,1-4H3,(H,14,20)(H,18,19). The van der Waals surface area contributed by atoms with Crippen LogP contribution in [-0.4, -0.2) is 37.5 Å². The molecule has 0 aromatic carbocycles. The van der Waals surface area contributed by atoms with Crippen molar-refractivity contribution in [3.63, 3.8) is 0 Å². The van der Waals surface area contributed by atoms with Crippen molar-refractivity contribution in [1.29, 1.82) is 0 Å². The molecule has 1 amide bonds. The van der Waals surface area contributed by atoms with Gasteiger partial charge < -0.3 is 10.4 Å². The first-order valence-electron chi connectivity index (χ1n) is 6.69. The minimum atomic E-state index is -0.880. The molecule has 20 heavy (non-hydrogen) atoms. The molecule has 0 bridgehead atoms. The van der Waals surface area contributed by atoms with Gasteiger partial charge in [-0.2, -0.15) is 0 Å². The van der Waals surface area contributed by atoms with Crippen molar-refractivity contribution in [3.8, 4) is 0 Å². The van der Waals surface area contributed by atoms with Crippen molar-refractivity contribution in [2.45, 2.75) is 58.5 Å². The molecular formula is C13H22N4O3. The van der Waals surface area contributed by atoms with Gasteiger partial charge in [-0.15, -0.1) is 5.10 Å². The first-order chi connectivity index (χ1) is 9.25. The van der Waals surface area contributed by atoms with Gasteiger partial charge in [0.15, 0.2) is 0 Å². The van der Waals surface area contributed by atoms with Crippen LogP contribution < -0.4 is 5.32 Å². The number of nitrogens with zero attached hydrogens (tertiary/aromatic N) is 3. The van der Waals surface area contributed by atoms with Crippen LogP contribution >= 0.6 is 0 Å². The molecule has 1 aromatic heterocycles. The van der Waals surface area contributed by atoms with E-state index in [-0.39, 0.29) is 17.9 Å². The Morgan fingerprint density at radius 2 is 2.15 bits per heavy atom. The first kappa shape index (κ1) is 16.1. The van der Waals surface area contributed by atoms with Crippen LogP contribution in [0.5, 0.6) is 0 Å². The zero-order valence-corrected chi connectivity index (χ0v) is 12.4. The van der Waals surface area contributed by atoms with Gasteiger partial charge in [0.1, 0.15) is 6.04 Å². The number of aliphatic carboxylic acids is 1. The van der Waals surface area contributed by atoms with Crippen LogP contribution in [0.2, 0.25) is 0 Å². The van der Waals surface area contributed by atoms with E-state index in [2.05, 4.69) is 15.6 Å². The Bertz CT molecular complexity index is 482. The van der Waals surface area contributed by atoms with E-state index >= 15 is 0 Å². The second-order valence-electron chi connectivity index (χ2n) is 5.49. The van der Waals surface area contributed by atoms with Gasteiger partial charge in [-0.25, -0.2) is 4.68 Å². The molecule has 7 nitrogen and oxygen atoms in total. The van der Waals surface area contributed by atoms with Gasteiger partial charge >= 0.3 is 5.97 Å². The van der Waals surface area contributed by atoms with E-state index in [9.17, 15) is 9.59 Å². The molecule has 7 heteroatoms. The highest BCUT2D eigenvalue weighted by atomic mass is 16.4. The van der Waals surface area contributed by atoms with Crippen LogP contribution in [0.1, 0.15) is 52.3 Å². The number of aryl methyl sites for hydroxylation is 1. The van der Waals surface area contributed by atoms with Crippen molar-refractivity contribution in [2.75, 3.05) is 0 Å². The van der Waals surface area contributed by atoms with Gasteiger partial charge in [-0.05, 0) is 27.2 Å². The van der Waals surface area contributed by atoms with Crippen molar-refractivity contribution < 1.29 is 14.7 Å². The maximum atomic E-state index is 12.1. The van der Waals surface area contributed by atoms with Crippen LogP contribution in [0, 0.1) is 0 Å². The summed E-state index contributed by atoms with van der Waals surface area (Å²) in [6.07, 6.45) is 2.76. The predicted octanol–water partition coefficient (Wildman–Crippen LogP) is 1.16. The third kappa shape index (κ3) is 4.64. The van der Waals surface area contributed by atoms with Gasteiger partial charge in [-0.3, -0.25) is 9.59 Å². The summed E-state index contributed by atoms with van der Waals surface area (Å²) in [6, 6.07) is -0.480. The second kappa shape index (κ2) is 6.49. The van der Waals surface area contributed by atoms with Crippen LogP contribution in [0.3, 0.4) is 0 Å². The zero-order chi connectivity index (χ0) is 15.3. The highest BCUT2D eigenvalue weighted by Crippen LogP contribution is 2.11. The molecule has 0 aliphatic rings. The van der Waals surface area contributed by atoms with Crippen molar-refractivity contribution in [3.05, 3.63) is 11.9 Å². The van der Waals surface area contributed by atoms with Gasteiger partial charge in [0.25, 0.3) is 0 Å². The molecular weight excluding hydrogens is 260 g/mol. The minimum absolute atomic E-state index is 0.00212. The Morgan fingerprint density at radius 1 is 1.50 bits per heavy atom. The molecule has 0 saturated heterocycles. The fraction of sp³-hybridized carbons (Fsp3) is 0.692. The number of carbonyl (C=O) groups is 2. The van der Waals surface area contributed by atoms with E-state index in [1.54, 1.807) is 13.1 Å². The van der Waals surface area contributed by atoms with Gasteiger partial charge in [0.05, 0.1) is 12.1 Å². The summed E-state index contributed by atoms with van der Waals surface area (Å²) < 4.78 is 1.46. The van der Waals surface area contributed by atoms with Crippen molar-refractivity contribution in [2.24, 2.45) is 0 Å². The lowest BCUT2D eigenvalue weighted by Crippen LogP contribution is -2.45. The van der Waals surface area contributed by atoms with E-state index in [1.807, 2.05) is 20.8 Å². The lowest BCUT2D eigenvalue weighted by Gasteiger charge is -2.26. The quantitative estimate of drug-likeness (QED) is 0.782. The Morgan fingerprint density at radius 3 is 2.70 bits per heavy atom. The third-order valence-electron chi connectivity index (χ3n) is 3.27. The van der Waals surface area contributed by atoms with E-state index in [4.69, 9.17) is 5.11 Å². The molecule has 0 spiro atoms. The van der Waals surface area contributed by atoms with Gasteiger partial charge in [0.2, 0.25) is 5.91 Å². The number of hydrogen-bond donors (Lipinski definition) is 2. The molecule has 112 valence electrons. The normalized spacial score (nSPS) is 13.0. The van der Waals surface area contributed by atoms with E-state index < -0.39 is 12.0 Å². The van der Waals surface area contributed by atoms with E-state index in [0.29, 0.717) is 12.1 Å². The molecule has 1 atom stereocenters. The lowest BCUT2D eigenvalue weighted by molar-refractivity contribution is -0.137. The Hall–Kier alpha value is -1.92. The number of carboxylic acid groups (broad SMARTS) is 1. The number of aromatic nitrogens is 3. The largest absolute Gasteiger partial charge is 0.481 e. The summed E-state index contributed by atoms with van der Waals surface area (Å²) in [7, 11) is 0. The fourth-order valence-electron chi connectivity index (χ4n) is 1.50. The molecule has 1 aromatic rings. The van der Waals surface area contributed by atoms with E-state index in [0.717, 1.165) is 6.42 Å². The van der Waals surface area contributed by atoms with Gasteiger partial charge in [0, 0.05) is 18.2 Å². The average molecular weight is 282 g/mol. The molecule has 1 heterocycles. The monoisotopic (exact) mass is 282 g/mol. The summed E-state index contributed by atoms with van der Waals surface area (Å²) in [5.74, 6) is -1.01. The van der Waals surface area contributed by atoms with Crippen LogP contribution in [-0.2, 0) is 16.0 Å². The third-order valence-corrected chi connectivity index (χ3v) is 3.27. The van der Waals surface area contributed by atoms with Crippen molar-refractivity contribution >= 4 is 11.9 Å². The predicted molar refractivity (Wildman–Crippen MR) is 73.2 cm³/mol. The Kier molecular flexibility index (Phi) is 5.24. The minimum Gasteiger partial charge on any atom is -0.481 e. The molecule has 0 aliphatic heterocycles. The molecule has 1 unspecified atom stereocenters. The number of carbonyl (C=O) groups excluding carboxylic acids is 1. The van der Waals surface area contributed by atoms with Crippen LogP contribution in [0.15, 0.2) is 6.20 Å². The van der Waals surface area contributed by atoms with E-state index in [1.165, 1.54) is 4.68 Å². The number of hydrogen-bond acceptors (Lipinski definition) is 4. The maximum absolute atomic E-state index is 12.1. The summed E-state index contributed by atoms with van der Waals surface area (Å²) in [6.45, 7) is 7.65. The maximum Gasteiger partial charge on any atom is 0.303 e. The Balaban J connectivity index is 2.65. The topological polar surface area (TPSA) is 97.1 Å². The molecule has 0 saturated carbocycles. The summed E-state index contributed by atoms with van der Waals surface area (Å²) in [5.41, 5.74) is 0.305. The molecule has 0 radical (unpaired) electrons. The molecule has 2 N–H and O–H groups in total. The highest BCUT2D eigenvalue weighted by molar-refractivity contribution is 5.80. The smallest absolute Gasteiger partial charge is 0.303 e. The number of carboxylic acids is 1. The number of nitrogens with one attached hydrogen (secondary N) is 1. The molecule has 1 rings (SSSR count). The van der Waals surface area contributed by atoms with Crippen molar-refractivity contribution in [1.82, 2.24) is 20.3 Å². The second-order valence-corrected chi connectivity index (χ2v) is 5.49. The number of amides is 1. The SMILES string of the molecule is CCC(C)(C)NC(=O)C(C)n1cc(CCC(=O)O)nn1. The summed E-state index contributed by atoms with van der Waals surface area (Å²) in [4.78, 5) is 22.6. The molecule has 0 aliphatic carbocycles.